The minimum atomic E-state index is -0.465. The first-order valence-corrected chi connectivity index (χ1v) is 11.1. The van der Waals surface area contributed by atoms with Crippen LogP contribution < -0.4 is 14.4 Å². The van der Waals surface area contributed by atoms with Crippen LogP contribution in [0.3, 0.4) is 0 Å². The van der Waals surface area contributed by atoms with Gasteiger partial charge in [-0.05, 0) is 66.0 Å². The number of hydrogen-bond acceptors (Lipinski definition) is 7. The molecule has 0 saturated carbocycles. The van der Waals surface area contributed by atoms with Crippen molar-refractivity contribution in [2.45, 2.75) is 6.92 Å². The zero-order chi connectivity index (χ0) is 21.8. The molecular formula is C23H17NO5S2. The quantitative estimate of drug-likeness (QED) is 0.276. The van der Waals surface area contributed by atoms with Crippen molar-refractivity contribution in [3.05, 3.63) is 81.4 Å². The molecule has 1 aliphatic rings. The summed E-state index contributed by atoms with van der Waals surface area (Å²) in [6.45, 7) is 2.19. The Morgan fingerprint density at radius 1 is 1.03 bits per heavy atom. The molecule has 31 heavy (non-hydrogen) atoms. The highest BCUT2D eigenvalue weighted by Gasteiger charge is 2.36. The third-order valence-corrected chi connectivity index (χ3v) is 6.02. The van der Waals surface area contributed by atoms with Crippen molar-refractivity contribution in [2.75, 3.05) is 11.5 Å². The lowest BCUT2D eigenvalue weighted by Gasteiger charge is -2.12. The normalized spacial score (nSPS) is 14.9. The lowest BCUT2D eigenvalue weighted by atomic mass is 10.1. The van der Waals surface area contributed by atoms with E-state index in [1.807, 2.05) is 13.0 Å². The van der Waals surface area contributed by atoms with E-state index >= 15 is 0 Å². The molecule has 3 aromatic rings. The standard InChI is InChI=1S/C23H17NO5S2/c1-2-28-18-13-15(10-11-17(18)29-22(26)19-9-6-12-30-19)14-20-21(25)24(23(27)31-20)16-7-4-3-5-8-16/h3-14H,2H2,1H3/b20-14+. The van der Waals surface area contributed by atoms with Crippen LogP contribution >= 0.6 is 23.1 Å². The van der Waals surface area contributed by atoms with Crippen molar-refractivity contribution in [3.63, 3.8) is 0 Å². The van der Waals surface area contributed by atoms with Gasteiger partial charge in [0.25, 0.3) is 11.1 Å². The van der Waals surface area contributed by atoms with Crippen LogP contribution in [0.2, 0.25) is 0 Å². The van der Waals surface area contributed by atoms with Gasteiger partial charge in [-0.1, -0.05) is 30.3 Å². The molecule has 2 amide bonds. The molecule has 0 bridgehead atoms. The maximum Gasteiger partial charge on any atom is 0.353 e. The van der Waals surface area contributed by atoms with Crippen molar-refractivity contribution in [1.82, 2.24) is 0 Å². The summed E-state index contributed by atoms with van der Waals surface area (Å²) >= 11 is 2.17. The van der Waals surface area contributed by atoms with Crippen LogP contribution in [-0.2, 0) is 4.79 Å². The minimum absolute atomic E-state index is 0.287. The summed E-state index contributed by atoms with van der Waals surface area (Å²) in [6, 6.07) is 17.2. The van der Waals surface area contributed by atoms with Crippen LogP contribution in [0.5, 0.6) is 11.5 Å². The van der Waals surface area contributed by atoms with Crippen LogP contribution in [-0.4, -0.2) is 23.7 Å². The molecule has 1 aromatic heterocycles. The second-order valence-electron chi connectivity index (χ2n) is 6.36. The summed E-state index contributed by atoms with van der Waals surface area (Å²) in [4.78, 5) is 39.4. The molecule has 0 radical (unpaired) electrons. The number of rotatable bonds is 6. The maximum atomic E-state index is 12.8. The van der Waals surface area contributed by atoms with E-state index in [0.29, 0.717) is 33.4 Å². The smallest absolute Gasteiger partial charge is 0.353 e. The largest absolute Gasteiger partial charge is 0.490 e. The maximum absolute atomic E-state index is 12.8. The summed E-state index contributed by atoms with van der Waals surface area (Å²) in [7, 11) is 0. The van der Waals surface area contributed by atoms with Crippen LogP contribution in [0.4, 0.5) is 10.5 Å². The number of ether oxygens (including phenoxy) is 2. The third-order valence-electron chi connectivity index (χ3n) is 4.30. The highest BCUT2D eigenvalue weighted by molar-refractivity contribution is 8.19. The average molecular weight is 452 g/mol. The summed E-state index contributed by atoms with van der Waals surface area (Å²) in [6.07, 6.45) is 1.63. The van der Waals surface area contributed by atoms with Crippen LogP contribution in [0, 0.1) is 0 Å². The van der Waals surface area contributed by atoms with Gasteiger partial charge < -0.3 is 9.47 Å². The lowest BCUT2D eigenvalue weighted by molar-refractivity contribution is -0.113. The number of carbonyl (C=O) groups is 3. The van der Waals surface area contributed by atoms with E-state index in [4.69, 9.17) is 9.47 Å². The summed E-state index contributed by atoms with van der Waals surface area (Å²) in [5.41, 5.74) is 1.18. The van der Waals surface area contributed by atoms with Gasteiger partial charge in [0, 0.05) is 0 Å². The molecule has 2 heterocycles. The fourth-order valence-electron chi connectivity index (χ4n) is 2.93. The number of anilines is 1. The number of benzene rings is 2. The van der Waals surface area contributed by atoms with E-state index in [0.717, 1.165) is 16.7 Å². The van der Waals surface area contributed by atoms with E-state index < -0.39 is 5.97 Å². The Morgan fingerprint density at radius 2 is 1.84 bits per heavy atom. The molecular weight excluding hydrogens is 434 g/mol. The van der Waals surface area contributed by atoms with Gasteiger partial charge in [-0.15, -0.1) is 11.3 Å². The SMILES string of the molecule is CCOc1cc(/C=C2/SC(=O)N(c3ccccc3)C2=O)ccc1OC(=O)c1cccs1. The van der Waals surface area contributed by atoms with Gasteiger partial charge in [0.15, 0.2) is 11.5 Å². The van der Waals surface area contributed by atoms with Gasteiger partial charge in [-0.2, -0.15) is 0 Å². The average Bonchev–Trinajstić information content (AvgIpc) is 3.39. The molecule has 1 aliphatic heterocycles. The molecule has 0 unspecified atom stereocenters. The number of nitrogens with zero attached hydrogens (tertiary/aromatic N) is 1. The van der Waals surface area contributed by atoms with E-state index in [-0.39, 0.29) is 16.9 Å². The van der Waals surface area contributed by atoms with Gasteiger partial charge in [0.05, 0.1) is 17.2 Å². The number of carbonyl (C=O) groups excluding carboxylic acids is 3. The molecule has 0 N–H and O–H groups in total. The molecule has 156 valence electrons. The fourth-order valence-corrected chi connectivity index (χ4v) is 4.37. The number of imide groups is 1. The Bertz CT molecular complexity index is 1160. The third kappa shape index (κ3) is 4.55. The molecule has 8 heteroatoms. The van der Waals surface area contributed by atoms with Gasteiger partial charge in [0.1, 0.15) is 4.88 Å². The molecule has 0 aliphatic carbocycles. The molecule has 2 aromatic carbocycles. The number of hydrogen-bond donors (Lipinski definition) is 0. The predicted octanol–water partition coefficient (Wildman–Crippen LogP) is 5.61. The Balaban J connectivity index is 1.59. The molecule has 1 fully saturated rings. The van der Waals surface area contributed by atoms with Gasteiger partial charge in [-0.3, -0.25) is 9.59 Å². The Hall–Kier alpha value is -3.36. The van der Waals surface area contributed by atoms with Crippen molar-refractivity contribution in [1.29, 1.82) is 0 Å². The first-order valence-electron chi connectivity index (χ1n) is 9.42. The zero-order valence-corrected chi connectivity index (χ0v) is 18.1. The van der Waals surface area contributed by atoms with E-state index in [2.05, 4.69) is 0 Å². The zero-order valence-electron chi connectivity index (χ0n) is 16.4. The highest BCUT2D eigenvalue weighted by Crippen LogP contribution is 2.37. The van der Waals surface area contributed by atoms with Crippen LogP contribution in [0.1, 0.15) is 22.2 Å². The first-order chi connectivity index (χ1) is 15.1. The Labute approximate surface area is 187 Å². The van der Waals surface area contributed by atoms with Gasteiger partial charge in [-0.25, -0.2) is 9.69 Å². The fraction of sp³-hybridized carbons (Fsp3) is 0.0870. The van der Waals surface area contributed by atoms with Crippen molar-refractivity contribution >= 4 is 52.0 Å². The molecule has 0 spiro atoms. The number of amides is 2. The van der Waals surface area contributed by atoms with E-state index in [1.54, 1.807) is 66.1 Å². The minimum Gasteiger partial charge on any atom is -0.490 e. The Kier molecular flexibility index (Phi) is 6.20. The summed E-state index contributed by atoms with van der Waals surface area (Å²) in [5.74, 6) is -0.182. The number of thiophene rings is 1. The predicted molar refractivity (Wildman–Crippen MR) is 122 cm³/mol. The molecule has 1 saturated heterocycles. The number of thioether (sulfide) groups is 1. The van der Waals surface area contributed by atoms with Crippen molar-refractivity contribution < 1.29 is 23.9 Å². The van der Waals surface area contributed by atoms with Crippen LogP contribution in [0.15, 0.2) is 70.9 Å². The van der Waals surface area contributed by atoms with Gasteiger partial charge >= 0.3 is 5.97 Å². The van der Waals surface area contributed by atoms with Crippen molar-refractivity contribution in [2.24, 2.45) is 0 Å². The monoisotopic (exact) mass is 451 g/mol. The van der Waals surface area contributed by atoms with Crippen LogP contribution in [0.25, 0.3) is 6.08 Å². The lowest BCUT2D eigenvalue weighted by Crippen LogP contribution is -2.27. The number of para-hydroxylation sites is 1. The van der Waals surface area contributed by atoms with E-state index in [9.17, 15) is 14.4 Å². The van der Waals surface area contributed by atoms with Crippen molar-refractivity contribution in [3.8, 4) is 11.5 Å². The highest BCUT2D eigenvalue weighted by atomic mass is 32.2. The summed E-state index contributed by atoms with van der Waals surface area (Å²) < 4.78 is 11.1. The molecule has 6 nitrogen and oxygen atoms in total. The Morgan fingerprint density at radius 3 is 2.55 bits per heavy atom. The first kappa shape index (κ1) is 20.9. The molecule has 4 rings (SSSR count). The molecule has 0 atom stereocenters. The second-order valence-corrected chi connectivity index (χ2v) is 8.30. The summed E-state index contributed by atoms with van der Waals surface area (Å²) in [5, 5.41) is 1.44. The second kappa shape index (κ2) is 9.20. The number of esters is 1. The van der Waals surface area contributed by atoms with Gasteiger partial charge in [0.2, 0.25) is 0 Å². The van der Waals surface area contributed by atoms with E-state index in [1.165, 1.54) is 11.3 Å². The topological polar surface area (TPSA) is 72.9 Å².